The summed E-state index contributed by atoms with van der Waals surface area (Å²) < 4.78 is 0. The third kappa shape index (κ3) is 3.77. The summed E-state index contributed by atoms with van der Waals surface area (Å²) >= 11 is 1.81. The molecule has 0 amide bonds. The maximum Gasteiger partial charge on any atom is 0.150 e. The van der Waals surface area contributed by atoms with Crippen molar-refractivity contribution in [2.45, 2.75) is 24.7 Å². The quantitative estimate of drug-likeness (QED) is 0.304. The Bertz CT molecular complexity index is 847. The molecule has 0 radical (unpaired) electrons. The maximum atomic E-state index is 10.6. The lowest BCUT2D eigenvalue weighted by atomic mass is 10.1. The zero-order valence-corrected chi connectivity index (χ0v) is 14.5. The van der Waals surface area contributed by atoms with E-state index in [0.717, 1.165) is 27.1 Å². The first kappa shape index (κ1) is 16.5. The third-order valence-corrected chi connectivity index (χ3v) is 4.88. The highest BCUT2D eigenvalue weighted by Gasteiger charge is 2.11. The number of hydrogen-bond acceptors (Lipinski definition) is 4. The molecule has 3 nitrogen and oxygen atoms in total. The summed E-state index contributed by atoms with van der Waals surface area (Å²) in [5.41, 5.74) is 1.28. The SMILES string of the molecule is CCCCSc1cc(N=Nc2ccccc2)c(O)c2ccccc12. The molecular weight excluding hydrogens is 316 g/mol. The fourth-order valence-corrected chi connectivity index (χ4v) is 3.62. The number of phenols is 1. The molecule has 3 rings (SSSR count). The van der Waals surface area contributed by atoms with Gasteiger partial charge in [-0.1, -0.05) is 55.8 Å². The van der Waals surface area contributed by atoms with Crippen molar-refractivity contribution in [2.24, 2.45) is 10.2 Å². The average molecular weight is 336 g/mol. The molecule has 0 saturated heterocycles. The van der Waals surface area contributed by atoms with Crippen LogP contribution in [0, 0.1) is 0 Å². The van der Waals surface area contributed by atoms with Gasteiger partial charge in [-0.25, -0.2) is 0 Å². The number of azo groups is 1. The van der Waals surface area contributed by atoms with Gasteiger partial charge in [0, 0.05) is 10.3 Å². The van der Waals surface area contributed by atoms with Crippen molar-refractivity contribution in [3.05, 3.63) is 60.7 Å². The van der Waals surface area contributed by atoms with Gasteiger partial charge in [0.05, 0.1) is 5.69 Å². The van der Waals surface area contributed by atoms with Crippen molar-refractivity contribution in [2.75, 3.05) is 5.75 Å². The lowest BCUT2D eigenvalue weighted by Crippen LogP contribution is -1.83. The Labute approximate surface area is 146 Å². The summed E-state index contributed by atoms with van der Waals surface area (Å²) in [6.07, 6.45) is 2.34. The summed E-state index contributed by atoms with van der Waals surface area (Å²) in [6, 6.07) is 19.4. The van der Waals surface area contributed by atoms with E-state index in [2.05, 4.69) is 17.2 Å². The van der Waals surface area contributed by atoms with Crippen molar-refractivity contribution in [3.63, 3.8) is 0 Å². The standard InChI is InChI=1S/C20H20N2OS/c1-2-3-13-24-19-14-18(22-21-15-9-5-4-6-10-15)20(23)17-12-8-7-11-16(17)19/h4-12,14,23H,2-3,13H2,1H3. The Morgan fingerprint density at radius 3 is 2.38 bits per heavy atom. The summed E-state index contributed by atoms with van der Waals surface area (Å²) in [5, 5.41) is 21.0. The highest BCUT2D eigenvalue weighted by atomic mass is 32.2. The molecule has 0 spiro atoms. The summed E-state index contributed by atoms with van der Waals surface area (Å²) in [5.74, 6) is 1.24. The fourth-order valence-electron chi connectivity index (χ4n) is 2.44. The molecule has 0 aromatic heterocycles. The van der Waals surface area contributed by atoms with E-state index < -0.39 is 0 Å². The number of phenolic OH excluding ortho intramolecular Hbond substituents is 1. The predicted molar refractivity (Wildman–Crippen MR) is 102 cm³/mol. The number of nitrogens with zero attached hydrogens (tertiary/aromatic N) is 2. The number of unbranched alkanes of at least 4 members (excludes halogenated alkanes) is 1. The zero-order chi connectivity index (χ0) is 16.8. The monoisotopic (exact) mass is 336 g/mol. The van der Waals surface area contributed by atoms with Crippen molar-refractivity contribution < 1.29 is 5.11 Å². The van der Waals surface area contributed by atoms with Gasteiger partial charge in [-0.15, -0.1) is 16.9 Å². The highest BCUT2D eigenvalue weighted by molar-refractivity contribution is 7.99. The van der Waals surface area contributed by atoms with Gasteiger partial charge in [0.1, 0.15) is 5.69 Å². The molecule has 1 N–H and O–H groups in total. The van der Waals surface area contributed by atoms with Crippen LogP contribution < -0.4 is 0 Å². The summed E-state index contributed by atoms with van der Waals surface area (Å²) in [6.45, 7) is 2.19. The molecule has 122 valence electrons. The molecule has 0 bridgehead atoms. The Morgan fingerprint density at radius 2 is 1.62 bits per heavy atom. The fraction of sp³-hybridized carbons (Fsp3) is 0.200. The van der Waals surface area contributed by atoms with E-state index >= 15 is 0 Å². The van der Waals surface area contributed by atoms with Crippen LogP contribution in [0.2, 0.25) is 0 Å². The molecule has 0 aliphatic rings. The van der Waals surface area contributed by atoms with Gasteiger partial charge in [-0.3, -0.25) is 0 Å². The molecule has 4 heteroatoms. The second-order valence-corrected chi connectivity index (χ2v) is 6.66. The van der Waals surface area contributed by atoms with Crippen LogP contribution in [0.5, 0.6) is 5.75 Å². The van der Waals surface area contributed by atoms with Crippen LogP contribution >= 0.6 is 11.8 Å². The first-order valence-electron chi connectivity index (χ1n) is 8.14. The zero-order valence-electron chi connectivity index (χ0n) is 13.6. The molecule has 0 aliphatic heterocycles. The van der Waals surface area contributed by atoms with E-state index in [0.29, 0.717) is 5.69 Å². The van der Waals surface area contributed by atoms with Crippen LogP contribution in [0.1, 0.15) is 19.8 Å². The molecule has 0 atom stereocenters. The summed E-state index contributed by atoms with van der Waals surface area (Å²) in [4.78, 5) is 1.14. The number of thioether (sulfide) groups is 1. The van der Waals surface area contributed by atoms with Crippen LogP contribution in [0.4, 0.5) is 11.4 Å². The lowest BCUT2D eigenvalue weighted by molar-refractivity contribution is 0.482. The maximum absolute atomic E-state index is 10.6. The van der Waals surface area contributed by atoms with Crippen LogP contribution in [-0.2, 0) is 0 Å². The second kappa shape index (κ2) is 7.97. The minimum atomic E-state index is 0.185. The van der Waals surface area contributed by atoms with E-state index in [-0.39, 0.29) is 5.75 Å². The number of aromatic hydroxyl groups is 1. The van der Waals surface area contributed by atoms with Crippen LogP contribution in [-0.4, -0.2) is 10.9 Å². The average Bonchev–Trinajstić information content (AvgIpc) is 2.64. The Morgan fingerprint density at radius 1 is 0.917 bits per heavy atom. The molecule has 3 aromatic rings. The first-order chi connectivity index (χ1) is 11.8. The van der Waals surface area contributed by atoms with E-state index in [1.165, 1.54) is 12.8 Å². The number of fused-ring (bicyclic) bond motifs is 1. The van der Waals surface area contributed by atoms with Gasteiger partial charge in [-0.2, -0.15) is 5.11 Å². The Kier molecular flexibility index (Phi) is 5.49. The molecule has 3 aromatic carbocycles. The van der Waals surface area contributed by atoms with E-state index in [9.17, 15) is 5.11 Å². The molecule has 0 saturated carbocycles. The first-order valence-corrected chi connectivity index (χ1v) is 9.12. The number of benzene rings is 3. The third-order valence-electron chi connectivity index (χ3n) is 3.74. The minimum absolute atomic E-state index is 0.185. The molecule has 24 heavy (non-hydrogen) atoms. The molecule has 0 unspecified atom stereocenters. The number of rotatable bonds is 6. The predicted octanol–water partition coefficient (Wildman–Crippen LogP) is 6.85. The largest absolute Gasteiger partial charge is 0.505 e. The van der Waals surface area contributed by atoms with Crippen LogP contribution in [0.3, 0.4) is 0 Å². The topological polar surface area (TPSA) is 45.0 Å². The van der Waals surface area contributed by atoms with Crippen molar-refractivity contribution in [1.29, 1.82) is 0 Å². The second-order valence-electron chi connectivity index (χ2n) is 5.53. The van der Waals surface area contributed by atoms with Crippen molar-refractivity contribution in [1.82, 2.24) is 0 Å². The number of hydrogen-bond donors (Lipinski definition) is 1. The van der Waals surface area contributed by atoms with Gasteiger partial charge < -0.3 is 5.11 Å². The lowest BCUT2D eigenvalue weighted by Gasteiger charge is -2.10. The van der Waals surface area contributed by atoms with Gasteiger partial charge >= 0.3 is 0 Å². The van der Waals surface area contributed by atoms with Crippen molar-refractivity contribution >= 4 is 33.9 Å². The summed E-state index contributed by atoms with van der Waals surface area (Å²) in [7, 11) is 0. The van der Waals surface area contributed by atoms with Crippen LogP contribution in [0.15, 0.2) is 75.8 Å². The van der Waals surface area contributed by atoms with Gasteiger partial charge in [-0.05, 0) is 35.8 Å². The Balaban J connectivity index is 2.00. The molecular formula is C20H20N2OS. The van der Waals surface area contributed by atoms with Gasteiger partial charge in [0.15, 0.2) is 5.75 Å². The smallest absolute Gasteiger partial charge is 0.150 e. The van der Waals surface area contributed by atoms with Gasteiger partial charge in [0.2, 0.25) is 0 Å². The van der Waals surface area contributed by atoms with Crippen molar-refractivity contribution in [3.8, 4) is 5.75 Å². The molecule has 0 heterocycles. The van der Waals surface area contributed by atoms with E-state index in [1.807, 2.05) is 60.7 Å². The minimum Gasteiger partial charge on any atom is -0.505 e. The highest BCUT2D eigenvalue weighted by Crippen LogP contribution is 2.41. The molecule has 0 fully saturated rings. The van der Waals surface area contributed by atoms with Gasteiger partial charge in [0.25, 0.3) is 0 Å². The van der Waals surface area contributed by atoms with Crippen LogP contribution in [0.25, 0.3) is 10.8 Å². The normalized spacial score (nSPS) is 11.4. The van der Waals surface area contributed by atoms with E-state index in [4.69, 9.17) is 0 Å². The Hall–Kier alpha value is -2.33. The molecule has 0 aliphatic carbocycles. The van der Waals surface area contributed by atoms with E-state index in [1.54, 1.807) is 11.8 Å².